The molecule has 0 aromatic carbocycles. The fraction of sp³-hybridized carbons (Fsp3) is 0.286. The number of anilines is 2. The number of aromatic nitrogens is 2. The van der Waals surface area contributed by atoms with E-state index in [-0.39, 0.29) is 22.5 Å². The average molecular weight is 248 g/mol. The number of hydrogen-bond acceptors (Lipinski definition) is 6. The first kappa shape index (κ1) is 11.9. The molecule has 1 amide bonds. The van der Waals surface area contributed by atoms with Gasteiger partial charge in [0, 0.05) is 0 Å². The molecule has 82 valence electrons. The summed E-state index contributed by atoms with van der Waals surface area (Å²) in [6.45, 7) is 0. The van der Waals surface area contributed by atoms with Crippen molar-refractivity contribution in [3.8, 4) is 0 Å². The summed E-state index contributed by atoms with van der Waals surface area (Å²) < 4.78 is 0. The van der Waals surface area contributed by atoms with E-state index in [0.717, 1.165) is 0 Å². The van der Waals surface area contributed by atoms with Gasteiger partial charge in [-0.25, -0.2) is 9.97 Å². The zero-order valence-electron chi connectivity index (χ0n) is 7.95. The van der Waals surface area contributed by atoms with Gasteiger partial charge >= 0.3 is 0 Å². The van der Waals surface area contributed by atoms with Crippen molar-refractivity contribution in [3.63, 3.8) is 0 Å². The summed E-state index contributed by atoms with van der Waals surface area (Å²) in [5.41, 5.74) is 10.8. The summed E-state index contributed by atoms with van der Waals surface area (Å²) in [5.74, 6) is 0.0180. The summed E-state index contributed by atoms with van der Waals surface area (Å²) in [5, 5.41) is 2.55. The lowest BCUT2D eigenvalue weighted by Gasteiger charge is -2.06. The molecule has 0 fully saturated rings. The molecule has 0 aliphatic carbocycles. The third-order valence-electron chi connectivity index (χ3n) is 1.50. The number of amides is 1. The van der Waals surface area contributed by atoms with Gasteiger partial charge in [-0.15, -0.1) is 11.8 Å². The first-order valence-electron chi connectivity index (χ1n) is 3.92. The summed E-state index contributed by atoms with van der Waals surface area (Å²) in [4.78, 5) is 18.9. The predicted molar refractivity (Wildman–Crippen MR) is 61.7 cm³/mol. The van der Waals surface area contributed by atoms with Gasteiger partial charge in [0.05, 0.1) is 5.88 Å². The molecule has 0 unspecified atom stereocenters. The van der Waals surface area contributed by atoms with Crippen molar-refractivity contribution in [2.24, 2.45) is 0 Å². The van der Waals surface area contributed by atoms with Crippen molar-refractivity contribution in [3.05, 3.63) is 10.8 Å². The van der Waals surface area contributed by atoms with Gasteiger partial charge in [0.2, 0.25) is 0 Å². The van der Waals surface area contributed by atoms with Crippen molar-refractivity contribution < 1.29 is 4.79 Å². The van der Waals surface area contributed by atoms with E-state index in [9.17, 15) is 4.79 Å². The van der Waals surface area contributed by atoms with Crippen LogP contribution in [-0.4, -0.2) is 28.0 Å². The second-order valence-electron chi connectivity index (χ2n) is 2.57. The molecule has 0 spiro atoms. The van der Waals surface area contributed by atoms with Crippen LogP contribution in [0.5, 0.6) is 0 Å². The Labute approximate surface area is 95.8 Å². The molecule has 0 bridgehead atoms. The van der Waals surface area contributed by atoms with E-state index in [1.165, 1.54) is 11.8 Å². The molecule has 5 N–H and O–H groups in total. The Morgan fingerprint density at radius 2 is 2.13 bits per heavy atom. The van der Waals surface area contributed by atoms with E-state index >= 15 is 0 Å². The maximum absolute atomic E-state index is 11.5. The Kier molecular flexibility index (Phi) is 3.98. The number of carbonyl (C=O) groups is 1. The van der Waals surface area contributed by atoms with Crippen LogP contribution in [0, 0.1) is 0 Å². The minimum Gasteiger partial charge on any atom is -0.382 e. The summed E-state index contributed by atoms with van der Waals surface area (Å²) in [7, 11) is 0. The first-order valence-corrected chi connectivity index (χ1v) is 5.69. The topological polar surface area (TPSA) is 107 Å². The number of halogens is 1. The molecular weight excluding hydrogens is 238 g/mol. The molecule has 0 saturated carbocycles. The van der Waals surface area contributed by atoms with Crippen LogP contribution in [0.15, 0.2) is 0 Å². The van der Waals surface area contributed by atoms with E-state index < -0.39 is 5.91 Å². The average Bonchev–Trinajstić information content (AvgIpc) is 2.20. The highest BCUT2D eigenvalue weighted by molar-refractivity contribution is 7.98. The molecular formula is C7H10ClN5OS. The third-order valence-corrected chi connectivity index (χ3v) is 2.21. The Hall–Kier alpha value is -1.21. The highest BCUT2D eigenvalue weighted by atomic mass is 35.5. The summed E-state index contributed by atoms with van der Waals surface area (Å²) >= 11 is 7.08. The molecule has 0 saturated heterocycles. The van der Waals surface area contributed by atoms with Crippen LogP contribution >= 0.6 is 23.4 Å². The van der Waals surface area contributed by atoms with Gasteiger partial charge in [-0.05, 0) is 6.26 Å². The van der Waals surface area contributed by atoms with Crippen molar-refractivity contribution >= 4 is 40.9 Å². The molecule has 0 aliphatic rings. The lowest BCUT2D eigenvalue weighted by atomic mass is 10.4. The smallest absolute Gasteiger partial charge is 0.274 e. The minimum absolute atomic E-state index is 0.00980. The van der Waals surface area contributed by atoms with Gasteiger partial charge in [-0.2, -0.15) is 0 Å². The van der Waals surface area contributed by atoms with Crippen LogP contribution < -0.4 is 16.8 Å². The maximum atomic E-state index is 11.5. The number of thioether (sulfide) groups is 1. The number of nitrogens with one attached hydrogen (secondary N) is 1. The van der Waals surface area contributed by atoms with E-state index in [0.29, 0.717) is 5.88 Å². The van der Waals surface area contributed by atoms with Crippen molar-refractivity contribution in [2.45, 2.75) is 0 Å². The molecule has 15 heavy (non-hydrogen) atoms. The standard InChI is InChI=1S/C7H10ClN5OS/c1-15-2-11-7(14)3-5(9)13-6(10)4(8)12-3/h2H2,1H3,(H,11,14)(H4,9,10,13). The zero-order chi connectivity index (χ0) is 11.4. The first-order chi connectivity index (χ1) is 7.06. The van der Waals surface area contributed by atoms with Gasteiger partial charge in [0.15, 0.2) is 22.5 Å². The van der Waals surface area contributed by atoms with Crippen LogP contribution in [0.3, 0.4) is 0 Å². The third kappa shape index (κ3) is 2.87. The number of hydrogen-bond donors (Lipinski definition) is 3. The van der Waals surface area contributed by atoms with Gasteiger partial charge in [0.25, 0.3) is 5.91 Å². The lowest BCUT2D eigenvalue weighted by Crippen LogP contribution is -2.25. The van der Waals surface area contributed by atoms with Crippen molar-refractivity contribution in [2.75, 3.05) is 23.6 Å². The summed E-state index contributed by atoms with van der Waals surface area (Å²) in [6.07, 6.45) is 1.85. The predicted octanol–water partition coefficient (Wildman–Crippen LogP) is 0.345. The quantitative estimate of drug-likeness (QED) is 0.665. The Bertz CT molecular complexity index is 386. The molecule has 0 radical (unpaired) electrons. The largest absolute Gasteiger partial charge is 0.382 e. The van der Waals surface area contributed by atoms with Crippen LogP contribution in [0.1, 0.15) is 10.5 Å². The Morgan fingerprint density at radius 3 is 2.73 bits per heavy atom. The fourth-order valence-electron chi connectivity index (χ4n) is 0.830. The van der Waals surface area contributed by atoms with E-state index in [1.54, 1.807) is 0 Å². The van der Waals surface area contributed by atoms with E-state index in [1.807, 2.05) is 6.26 Å². The zero-order valence-corrected chi connectivity index (χ0v) is 9.52. The fourth-order valence-corrected chi connectivity index (χ4v) is 1.23. The van der Waals surface area contributed by atoms with Gasteiger partial charge in [-0.1, -0.05) is 11.6 Å². The maximum Gasteiger partial charge on any atom is 0.274 e. The number of rotatable bonds is 3. The second kappa shape index (κ2) is 5.04. The normalized spacial score (nSPS) is 10.0. The second-order valence-corrected chi connectivity index (χ2v) is 3.80. The number of carbonyl (C=O) groups excluding carboxylic acids is 1. The SMILES string of the molecule is CSCNC(=O)c1nc(Cl)c(N)nc1N. The highest BCUT2D eigenvalue weighted by Gasteiger charge is 2.14. The molecule has 0 aliphatic heterocycles. The van der Waals surface area contributed by atoms with Crippen LogP contribution in [0.2, 0.25) is 5.15 Å². The monoisotopic (exact) mass is 247 g/mol. The number of nitrogen functional groups attached to an aromatic ring is 2. The van der Waals surface area contributed by atoms with Crippen LogP contribution in [0.4, 0.5) is 11.6 Å². The van der Waals surface area contributed by atoms with Crippen LogP contribution in [0.25, 0.3) is 0 Å². The number of nitrogens with two attached hydrogens (primary N) is 2. The minimum atomic E-state index is -0.420. The molecule has 1 heterocycles. The Balaban J connectivity index is 2.94. The lowest BCUT2D eigenvalue weighted by molar-refractivity contribution is 0.0956. The molecule has 6 nitrogen and oxygen atoms in total. The van der Waals surface area contributed by atoms with Gasteiger partial charge in [-0.3, -0.25) is 4.79 Å². The van der Waals surface area contributed by atoms with Gasteiger partial charge in [0.1, 0.15) is 0 Å². The van der Waals surface area contributed by atoms with Crippen molar-refractivity contribution in [1.29, 1.82) is 0 Å². The van der Waals surface area contributed by atoms with E-state index in [4.69, 9.17) is 23.1 Å². The Morgan fingerprint density at radius 1 is 1.47 bits per heavy atom. The molecule has 8 heteroatoms. The molecule has 1 aromatic heterocycles. The molecule has 1 rings (SSSR count). The van der Waals surface area contributed by atoms with Gasteiger partial charge < -0.3 is 16.8 Å². The van der Waals surface area contributed by atoms with Crippen molar-refractivity contribution in [1.82, 2.24) is 15.3 Å². The van der Waals surface area contributed by atoms with E-state index in [2.05, 4.69) is 15.3 Å². The van der Waals surface area contributed by atoms with Crippen LogP contribution in [-0.2, 0) is 0 Å². The molecule has 0 atom stereocenters. The summed E-state index contributed by atoms with van der Waals surface area (Å²) in [6, 6.07) is 0. The highest BCUT2D eigenvalue weighted by Crippen LogP contribution is 2.17. The number of nitrogens with zero attached hydrogens (tertiary/aromatic N) is 2. The molecule has 1 aromatic rings.